The van der Waals surface area contributed by atoms with Gasteiger partial charge >= 0.3 is 0 Å². The van der Waals surface area contributed by atoms with Crippen LogP contribution in [0, 0.1) is 13.8 Å². The van der Waals surface area contributed by atoms with Gasteiger partial charge in [-0.3, -0.25) is 4.90 Å². The van der Waals surface area contributed by atoms with Crippen molar-refractivity contribution in [2.45, 2.75) is 25.3 Å². The van der Waals surface area contributed by atoms with Crippen LogP contribution in [0.15, 0.2) is 51.9 Å². The summed E-state index contributed by atoms with van der Waals surface area (Å²) in [6, 6.07) is 12.8. The largest absolute Gasteiger partial charge is 0.338 e. The van der Waals surface area contributed by atoms with Gasteiger partial charge in [0, 0.05) is 36.8 Å². The summed E-state index contributed by atoms with van der Waals surface area (Å²) in [7, 11) is -3.50. The van der Waals surface area contributed by atoms with Crippen LogP contribution in [-0.2, 0) is 16.6 Å². The van der Waals surface area contributed by atoms with Crippen LogP contribution in [0.1, 0.15) is 17.0 Å². The summed E-state index contributed by atoms with van der Waals surface area (Å²) >= 11 is 5.91. The molecule has 1 saturated heterocycles. The van der Waals surface area contributed by atoms with E-state index in [0.717, 1.165) is 16.7 Å². The van der Waals surface area contributed by atoms with Crippen LogP contribution < -0.4 is 0 Å². The fraction of sp³-hybridized carbons (Fsp3) is 0.333. The molecule has 30 heavy (non-hydrogen) atoms. The Bertz CT molecular complexity index is 1140. The van der Waals surface area contributed by atoms with Crippen molar-refractivity contribution in [3.63, 3.8) is 0 Å². The summed E-state index contributed by atoms with van der Waals surface area (Å²) in [4.78, 5) is 6.96. The molecule has 0 aliphatic carbocycles. The molecule has 3 aromatic rings. The number of hydrogen-bond donors (Lipinski definition) is 0. The van der Waals surface area contributed by atoms with E-state index in [9.17, 15) is 8.42 Å². The number of aromatic nitrogens is 2. The first-order valence-corrected chi connectivity index (χ1v) is 11.5. The molecular formula is C21H23ClN4O3S. The lowest BCUT2D eigenvalue weighted by atomic mass is 10.2. The van der Waals surface area contributed by atoms with Gasteiger partial charge < -0.3 is 4.52 Å². The highest BCUT2D eigenvalue weighted by atomic mass is 35.5. The molecule has 0 radical (unpaired) electrons. The second-order valence-electron chi connectivity index (χ2n) is 7.47. The van der Waals surface area contributed by atoms with Gasteiger partial charge in [0.2, 0.25) is 21.7 Å². The van der Waals surface area contributed by atoms with E-state index in [-0.39, 0.29) is 0 Å². The van der Waals surface area contributed by atoms with Gasteiger partial charge in [-0.2, -0.15) is 9.29 Å². The van der Waals surface area contributed by atoms with Crippen molar-refractivity contribution in [2.24, 2.45) is 0 Å². The molecule has 0 atom stereocenters. The van der Waals surface area contributed by atoms with Crippen molar-refractivity contribution in [1.29, 1.82) is 0 Å². The second kappa shape index (κ2) is 8.47. The lowest BCUT2D eigenvalue weighted by molar-refractivity contribution is 0.163. The molecule has 0 bridgehead atoms. The summed E-state index contributed by atoms with van der Waals surface area (Å²) in [6.45, 7) is 6.26. The van der Waals surface area contributed by atoms with E-state index in [1.165, 1.54) is 0 Å². The minimum Gasteiger partial charge on any atom is -0.338 e. The van der Waals surface area contributed by atoms with E-state index in [4.69, 9.17) is 16.1 Å². The van der Waals surface area contributed by atoms with Crippen molar-refractivity contribution < 1.29 is 12.9 Å². The lowest BCUT2D eigenvalue weighted by Gasteiger charge is -2.33. The van der Waals surface area contributed by atoms with Crippen molar-refractivity contribution in [1.82, 2.24) is 19.3 Å². The number of hydrogen-bond acceptors (Lipinski definition) is 6. The third-order valence-corrected chi connectivity index (χ3v) is 7.51. The molecule has 1 fully saturated rings. The topological polar surface area (TPSA) is 79.5 Å². The zero-order chi connectivity index (χ0) is 21.3. The van der Waals surface area contributed by atoms with Gasteiger partial charge in [-0.1, -0.05) is 28.9 Å². The monoisotopic (exact) mass is 446 g/mol. The van der Waals surface area contributed by atoms with Gasteiger partial charge in [-0.25, -0.2) is 8.42 Å². The van der Waals surface area contributed by atoms with Crippen LogP contribution in [0.2, 0.25) is 5.02 Å². The van der Waals surface area contributed by atoms with Gasteiger partial charge in [-0.15, -0.1) is 0 Å². The Hall–Kier alpha value is -2.26. The molecule has 2 heterocycles. The van der Waals surface area contributed by atoms with Crippen LogP contribution in [0.5, 0.6) is 0 Å². The third kappa shape index (κ3) is 4.41. The highest BCUT2D eigenvalue weighted by molar-refractivity contribution is 7.89. The molecule has 9 heteroatoms. The lowest BCUT2D eigenvalue weighted by Crippen LogP contribution is -2.48. The predicted octanol–water partition coefficient (Wildman–Crippen LogP) is 3.51. The maximum Gasteiger partial charge on any atom is 0.243 e. The molecule has 4 rings (SSSR count). The SMILES string of the molecule is Cc1ccc(C)c(S(=O)(=O)N2CCN(Cc3nc(-c4ccc(Cl)cc4)no3)CC2)c1. The Kier molecular flexibility index (Phi) is 5.92. The van der Waals surface area contributed by atoms with E-state index >= 15 is 0 Å². The molecule has 1 aliphatic heterocycles. The highest BCUT2D eigenvalue weighted by Gasteiger charge is 2.30. The molecule has 1 aromatic heterocycles. The minimum absolute atomic E-state index is 0.389. The number of sulfonamides is 1. The van der Waals surface area contributed by atoms with Crippen LogP contribution >= 0.6 is 11.6 Å². The van der Waals surface area contributed by atoms with Gasteiger partial charge in [0.05, 0.1) is 11.4 Å². The first kappa shape index (κ1) is 21.0. The molecule has 0 N–H and O–H groups in total. The van der Waals surface area contributed by atoms with Crippen LogP contribution in [0.25, 0.3) is 11.4 Å². The Balaban J connectivity index is 1.39. The normalized spacial score (nSPS) is 16.1. The first-order chi connectivity index (χ1) is 14.3. The zero-order valence-electron chi connectivity index (χ0n) is 16.9. The molecule has 0 unspecified atom stereocenters. The number of rotatable bonds is 5. The Morgan fingerprint density at radius 1 is 1.03 bits per heavy atom. The average Bonchev–Trinajstić information content (AvgIpc) is 3.19. The van der Waals surface area contributed by atoms with Gasteiger partial charge in [-0.05, 0) is 55.3 Å². The smallest absolute Gasteiger partial charge is 0.243 e. The number of benzene rings is 2. The number of halogens is 1. The van der Waals surface area contributed by atoms with Crippen molar-refractivity contribution in [3.05, 3.63) is 64.5 Å². The third-order valence-electron chi connectivity index (χ3n) is 5.22. The summed E-state index contributed by atoms with van der Waals surface area (Å²) in [5, 5.41) is 4.68. The average molecular weight is 447 g/mol. The maximum absolute atomic E-state index is 13.1. The van der Waals surface area contributed by atoms with Gasteiger partial charge in [0.25, 0.3) is 0 Å². The Morgan fingerprint density at radius 2 is 1.73 bits per heavy atom. The highest BCUT2D eigenvalue weighted by Crippen LogP contribution is 2.23. The molecular weight excluding hydrogens is 424 g/mol. The molecule has 2 aromatic carbocycles. The van der Waals surface area contributed by atoms with Crippen LogP contribution in [-0.4, -0.2) is 53.9 Å². The summed E-state index contributed by atoms with van der Waals surface area (Å²) in [5.41, 5.74) is 2.54. The maximum atomic E-state index is 13.1. The standard InChI is InChI=1S/C21H23ClN4O3S/c1-15-3-4-16(2)19(13-15)30(27,28)26-11-9-25(10-12-26)14-20-23-21(24-29-20)17-5-7-18(22)8-6-17/h3-8,13H,9-12,14H2,1-2H3. The van der Waals surface area contributed by atoms with E-state index in [1.807, 2.05) is 38.1 Å². The van der Waals surface area contributed by atoms with Gasteiger partial charge in [0.15, 0.2) is 0 Å². The molecule has 0 amide bonds. The van der Waals surface area contributed by atoms with Crippen molar-refractivity contribution >= 4 is 21.6 Å². The van der Waals surface area contributed by atoms with E-state index in [0.29, 0.717) is 54.4 Å². The quantitative estimate of drug-likeness (QED) is 0.596. The second-order valence-corrected chi connectivity index (χ2v) is 9.81. The first-order valence-electron chi connectivity index (χ1n) is 9.71. The van der Waals surface area contributed by atoms with Gasteiger partial charge in [0.1, 0.15) is 0 Å². The number of nitrogens with zero attached hydrogens (tertiary/aromatic N) is 4. The number of aryl methyl sites for hydroxylation is 2. The Labute approximate surface area is 181 Å². The zero-order valence-corrected chi connectivity index (χ0v) is 18.4. The molecule has 0 spiro atoms. The fourth-order valence-corrected chi connectivity index (χ4v) is 5.34. The predicted molar refractivity (Wildman–Crippen MR) is 115 cm³/mol. The molecule has 0 saturated carbocycles. The van der Waals surface area contributed by atoms with Crippen molar-refractivity contribution in [3.8, 4) is 11.4 Å². The molecule has 7 nitrogen and oxygen atoms in total. The molecule has 1 aliphatic rings. The van der Waals surface area contributed by atoms with Crippen molar-refractivity contribution in [2.75, 3.05) is 26.2 Å². The summed E-state index contributed by atoms with van der Waals surface area (Å²) in [6.07, 6.45) is 0. The fourth-order valence-electron chi connectivity index (χ4n) is 3.48. The Morgan fingerprint density at radius 3 is 2.43 bits per heavy atom. The summed E-state index contributed by atoms with van der Waals surface area (Å²) < 4.78 is 33.1. The van der Waals surface area contributed by atoms with Crippen LogP contribution in [0.3, 0.4) is 0 Å². The number of piperazine rings is 1. The minimum atomic E-state index is -3.50. The van der Waals surface area contributed by atoms with E-state index < -0.39 is 10.0 Å². The van der Waals surface area contributed by atoms with E-state index in [1.54, 1.807) is 22.5 Å². The van der Waals surface area contributed by atoms with Crippen LogP contribution in [0.4, 0.5) is 0 Å². The summed E-state index contributed by atoms with van der Waals surface area (Å²) in [5.74, 6) is 1.02. The molecule has 158 valence electrons. The van der Waals surface area contributed by atoms with E-state index in [2.05, 4.69) is 15.0 Å².